The molecule has 3 heterocycles. The predicted molar refractivity (Wildman–Crippen MR) is 159 cm³/mol. The smallest absolute Gasteiger partial charge is 0.249 e. The van der Waals surface area contributed by atoms with Crippen molar-refractivity contribution >= 4 is 33.3 Å². The highest BCUT2D eigenvalue weighted by Gasteiger charge is 2.36. The Bertz CT molecular complexity index is 1640. The van der Waals surface area contributed by atoms with Crippen LogP contribution in [0, 0.1) is 11.8 Å². The van der Waals surface area contributed by atoms with Crippen molar-refractivity contribution in [1.29, 1.82) is 0 Å². The van der Waals surface area contributed by atoms with Crippen LogP contribution in [0.5, 0.6) is 0 Å². The van der Waals surface area contributed by atoms with E-state index in [4.69, 9.17) is 26.7 Å². The van der Waals surface area contributed by atoms with Crippen molar-refractivity contribution in [3.8, 4) is 11.5 Å². The summed E-state index contributed by atoms with van der Waals surface area (Å²) in [6.45, 7) is 5.24. The van der Waals surface area contributed by atoms with Gasteiger partial charge in [-0.1, -0.05) is 48.9 Å². The van der Waals surface area contributed by atoms with Gasteiger partial charge in [0.1, 0.15) is 5.82 Å². The molecule has 3 aromatic heterocycles. The molecule has 1 aliphatic rings. The van der Waals surface area contributed by atoms with E-state index in [-0.39, 0.29) is 22.6 Å². The molecular formula is C28H35ClN8O3S. The van der Waals surface area contributed by atoms with Crippen LogP contribution in [0.4, 0.5) is 11.6 Å². The first-order valence-corrected chi connectivity index (χ1v) is 15.6. The van der Waals surface area contributed by atoms with Gasteiger partial charge in [-0.2, -0.15) is 5.10 Å². The number of hydrogen-bond donors (Lipinski definition) is 1. The van der Waals surface area contributed by atoms with E-state index in [1.54, 1.807) is 10.7 Å². The van der Waals surface area contributed by atoms with Gasteiger partial charge >= 0.3 is 0 Å². The number of aryl methyl sites for hydroxylation is 1. The lowest BCUT2D eigenvalue weighted by molar-refractivity contribution is 0.355. The second-order valence-corrected chi connectivity index (χ2v) is 13.6. The Balaban J connectivity index is 1.57. The van der Waals surface area contributed by atoms with Crippen molar-refractivity contribution in [1.82, 2.24) is 25.0 Å². The first-order valence-electron chi connectivity index (χ1n) is 13.4. The summed E-state index contributed by atoms with van der Waals surface area (Å²) in [6, 6.07) is 13.5. The Kier molecular flexibility index (Phi) is 7.84. The zero-order valence-electron chi connectivity index (χ0n) is 23.8. The standard InChI is InChI=1S/C28H35ClN8O3S/c1-18-13-20(18)16-37(17-21-11-12-35(3)34-21)23-14-22(24(29)25(31-23)36(4)41(5,38)39)26-32-33-27(40-26)28(2,30)15-19-9-7-6-8-10-19/h6-12,14,18,20H,13,15-17,30H2,1-5H3/t18?,20?,28-/m1/s1. The van der Waals surface area contributed by atoms with Gasteiger partial charge in [0.2, 0.25) is 21.8 Å². The molecule has 1 fully saturated rings. The average molecular weight is 599 g/mol. The minimum Gasteiger partial charge on any atom is -0.419 e. The van der Waals surface area contributed by atoms with Crippen molar-refractivity contribution in [2.75, 3.05) is 29.1 Å². The van der Waals surface area contributed by atoms with Crippen LogP contribution in [0.25, 0.3) is 11.5 Å². The molecule has 1 aliphatic carbocycles. The molecule has 5 rings (SSSR count). The molecule has 218 valence electrons. The van der Waals surface area contributed by atoms with E-state index in [2.05, 4.69) is 27.1 Å². The lowest BCUT2D eigenvalue weighted by Gasteiger charge is -2.26. The molecule has 0 bridgehead atoms. The number of rotatable bonds is 11. The largest absolute Gasteiger partial charge is 0.419 e. The molecule has 4 aromatic rings. The van der Waals surface area contributed by atoms with E-state index in [0.29, 0.717) is 36.2 Å². The quantitative estimate of drug-likeness (QED) is 0.272. The van der Waals surface area contributed by atoms with Crippen molar-refractivity contribution < 1.29 is 12.8 Å². The molecule has 2 unspecified atom stereocenters. The highest BCUT2D eigenvalue weighted by Crippen LogP contribution is 2.42. The third kappa shape index (κ3) is 6.55. The average Bonchev–Trinajstić information content (AvgIpc) is 3.25. The van der Waals surface area contributed by atoms with Gasteiger partial charge in [0.05, 0.1) is 34.6 Å². The minimum atomic E-state index is -3.68. The molecule has 1 saturated carbocycles. The summed E-state index contributed by atoms with van der Waals surface area (Å²) in [5, 5.41) is 13.2. The second-order valence-electron chi connectivity index (χ2n) is 11.2. The van der Waals surface area contributed by atoms with E-state index >= 15 is 0 Å². The summed E-state index contributed by atoms with van der Waals surface area (Å²) < 4.78 is 34.1. The summed E-state index contributed by atoms with van der Waals surface area (Å²) in [5.74, 6) is 2.04. The molecule has 2 N–H and O–H groups in total. The van der Waals surface area contributed by atoms with Gasteiger partial charge in [0, 0.05) is 26.8 Å². The molecule has 11 nitrogen and oxygen atoms in total. The summed E-state index contributed by atoms with van der Waals surface area (Å²) in [4.78, 5) is 6.83. The second kappa shape index (κ2) is 11.1. The molecule has 1 aromatic carbocycles. The summed E-state index contributed by atoms with van der Waals surface area (Å²) in [6.07, 6.45) is 4.57. The van der Waals surface area contributed by atoms with Crippen molar-refractivity contribution in [2.45, 2.75) is 38.8 Å². The number of nitrogens with zero attached hydrogens (tertiary/aromatic N) is 7. The topological polar surface area (TPSA) is 136 Å². The number of nitrogens with two attached hydrogens (primary N) is 1. The molecular weight excluding hydrogens is 564 g/mol. The van der Waals surface area contributed by atoms with Crippen LogP contribution < -0.4 is 14.9 Å². The number of halogens is 1. The molecule has 3 atom stereocenters. The number of sulfonamides is 1. The van der Waals surface area contributed by atoms with Crippen LogP contribution in [0.2, 0.25) is 5.02 Å². The van der Waals surface area contributed by atoms with E-state index in [9.17, 15) is 8.42 Å². The van der Waals surface area contributed by atoms with Gasteiger partial charge in [-0.25, -0.2) is 13.4 Å². The van der Waals surface area contributed by atoms with E-state index in [0.717, 1.165) is 34.8 Å². The lowest BCUT2D eigenvalue weighted by atomic mass is 9.94. The number of pyridine rings is 1. The molecule has 41 heavy (non-hydrogen) atoms. The van der Waals surface area contributed by atoms with Crippen LogP contribution in [0.3, 0.4) is 0 Å². The van der Waals surface area contributed by atoms with Crippen LogP contribution >= 0.6 is 11.6 Å². The summed E-state index contributed by atoms with van der Waals surface area (Å²) >= 11 is 6.82. The fourth-order valence-corrected chi connectivity index (χ4v) is 5.56. The highest BCUT2D eigenvalue weighted by molar-refractivity contribution is 7.92. The maximum Gasteiger partial charge on any atom is 0.249 e. The molecule has 0 spiro atoms. The maximum absolute atomic E-state index is 12.6. The number of benzene rings is 1. The monoisotopic (exact) mass is 598 g/mol. The lowest BCUT2D eigenvalue weighted by Crippen LogP contribution is -2.35. The first kappa shape index (κ1) is 29.0. The van der Waals surface area contributed by atoms with Gasteiger partial charge in [-0.15, -0.1) is 10.2 Å². The molecule has 0 amide bonds. The Hall–Kier alpha value is -3.48. The van der Waals surface area contributed by atoms with Gasteiger partial charge < -0.3 is 15.1 Å². The molecule has 0 saturated heterocycles. The molecule has 0 aliphatic heterocycles. The van der Waals surface area contributed by atoms with Crippen LogP contribution in [-0.2, 0) is 35.6 Å². The zero-order valence-corrected chi connectivity index (χ0v) is 25.4. The molecule has 0 radical (unpaired) electrons. The van der Waals surface area contributed by atoms with Gasteiger partial charge in [-0.05, 0) is 49.3 Å². The van der Waals surface area contributed by atoms with Gasteiger partial charge in [-0.3, -0.25) is 8.99 Å². The SMILES string of the molecule is CC1CC1CN(Cc1ccn(C)n1)c1cc(-c2nnc([C@](C)(N)Cc3ccccc3)o2)c(Cl)c(N(C)S(C)(=O)=O)n1. The third-order valence-corrected chi connectivity index (χ3v) is 9.00. The summed E-state index contributed by atoms with van der Waals surface area (Å²) in [7, 11) is -0.400. The van der Waals surface area contributed by atoms with Crippen LogP contribution in [-0.4, -0.2) is 53.2 Å². The van der Waals surface area contributed by atoms with Crippen molar-refractivity contribution in [3.05, 3.63) is 70.8 Å². The Morgan fingerprint density at radius 3 is 2.54 bits per heavy atom. The molecule has 13 heteroatoms. The number of hydrogen-bond acceptors (Lipinski definition) is 9. The van der Waals surface area contributed by atoms with E-state index < -0.39 is 15.6 Å². The van der Waals surface area contributed by atoms with Crippen LogP contribution in [0.1, 0.15) is 37.4 Å². The number of anilines is 2. The predicted octanol–water partition coefficient (Wildman–Crippen LogP) is 3.99. The van der Waals surface area contributed by atoms with Crippen LogP contribution in [0.15, 0.2) is 53.1 Å². The Morgan fingerprint density at radius 1 is 1.22 bits per heavy atom. The first-order chi connectivity index (χ1) is 19.3. The normalized spacial score (nSPS) is 18.2. The number of aromatic nitrogens is 5. The zero-order chi connectivity index (χ0) is 29.5. The summed E-state index contributed by atoms with van der Waals surface area (Å²) in [5.41, 5.74) is 7.93. The van der Waals surface area contributed by atoms with Gasteiger partial charge in [0.15, 0.2) is 5.82 Å². The minimum absolute atomic E-state index is 0.0658. The highest BCUT2D eigenvalue weighted by atomic mass is 35.5. The maximum atomic E-state index is 12.6. The van der Waals surface area contributed by atoms with Gasteiger partial charge in [0.25, 0.3) is 0 Å². The van der Waals surface area contributed by atoms with Crippen molar-refractivity contribution in [2.24, 2.45) is 24.6 Å². The third-order valence-electron chi connectivity index (χ3n) is 7.46. The fourth-order valence-electron chi connectivity index (χ4n) is 4.76. The Labute approximate surface area is 245 Å². The van der Waals surface area contributed by atoms with Crippen molar-refractivity contribution in [3.63, 3.8) is 0 Å². The Morgan fingerprint density at radius 2 is 1.93 bits per heavy atom. The van der Waals surface area contributed by atoms with E-state index in [1.165, 1.54) is 7.05 Å². The fraction of sp³-hybridized carbons (Fsp3) is 0.429. The van der Waals surface area contributed by atoms with E-state index in [1.807, 2.05) is 56.6 Å².